The van der Waals surface area contributed by atoms with Crippen molar-refractivity contribution in [2.75, 3.05) is 25.6 Å². The van der Waals surface area contributed by atoms with Crippen molar-refractivity contribution < 1.29 is 9.23 Å². The van der Waals surface area contributed by atoms with Crippen molar-refractivity contribution in [2.45, 2.75) is 13.8 Å². The molecular weight excluding hydrogens is 223 g/mol. The van der Waals surface area contributed by atoms with E-state index < -0.39 is 6.67 Å². The third kappa shape index (κ3) is 3.99. The van der Waals surface area contributed by atoms with Gasteiger partial charge in [-0.15, -0.1) is 0 Å². The van der Waals surface area contributed by atoms with Gasteiger partial charge in [-0.3, -0.25) is 0 Å². The zero-order chi connectivity index (χ0) is 12.7. The van der Waals surface area contributed by atoms with Gasteiger partial charge in [-0.05, 0) is 13.8 Å². The van der Waals surface area contributed by atoms with Crippen LogP contribution in [0.3, 0.4) is 0 Å². The fraction of sp³-hybridized carbons (Fsp3) is 0.455. The highest BCUT2D eigenvalue weighted by molar-refractivity contribution is 5.57. The van der Waals surface area contributed by atoms with Crippen LogP contribution in [0.15, 0.2) is 12.1 Å². The van der Waals surface area contributed by atoms with Gasteiger partial charge in [0.25, 0.3) is 0 Å². The molecule has 0 aliphatic rings. The zero-order valence-corrected chi connectivity index (χ0v) is 10.2. The molecule has 94 valence electrons. The van der Waals surface area contributed by atoms with Crippen LogP contribution in [0.1, 0.15) is 18.2 Å². The van der Waals surface area contributed by atoms with E-state index in [4.69, 9.17) is 4.84 Å². The molecule has 0 radical (unpaired) electrons. The van der Waals surface area contributed by atoms with Gasteiger partial charge in [0.05, 0.1) is 5.69 Å². The third-order valence-corrected chi connectivity index (χ3v) is 2.11. The molecule has 0 fully saturated rings. The number of alkyl halides is 1. The van der Waals surface area contributed by atoms with Crippen molar-refractivity contribution in [3.05, 3.63) is 23.3 Å². The minimum absolute atomic E-state index is 0.243. The maximum Gasteiger partial charge on any atom is 0.132 e. The molecule has 0 unspecified atom stereocenters. The molecule has 1 aromatic heterocycles. The van der Waals surface area contributed by atoms with Gasteiger partial charge in [0.15, 0.2) is 0 Å². The maximum absolute atomic E-state index is 12.1. The molecule has 0 atom stereocenters. The average Bonchev–Trinajstić information content (AvgIpc) is 2.30. The minimum Gasteiger partial charge on any atom is -0.414 e. The summed E-state index contributed by atoms with van der Waals surface area (Å²) in [7, 11) is 1.68. The van der Waals surface area contributed by atoms with Gasteiger partial charge in [-0.2, -0.15) is 5.48 Å². The van der Waals surface area contributed by atoms with Crippen LogP contribution in [-0.4, -0.2) is 30.2 Å². The highest BCUT2D eigenvalue weighted by Gasteiger charge is 2.05. The number of hydrogen-bond donors (Lipinski definition) is 2. The topological polar surface area (TPSA) is 59.1 Å². The largest absolute Gasteiger partial charge is 0.414 e. The Morgan fingerprint density at radius 2 is 2.29 bits per heavy atom. The van der Waals surface area contributed by atoms with Crippen molar-refractivity contribution in [3.63, 3.8) is 0 Å². The Morgan fingerprint density at radius 1 is 1.53 bits per heavy atom. The van der Waals surface area contributed by atoms with Gasteiger partial charge in [0, 0.05) is 25.2 Å². The Hall–Kier alpha value is -1.69. The van der Waals surface area contributed by atoms with Crippen LogP contribution in [0, 0.1) is 6.92 Å². The molecular formula is C11H17FN4O. The second-order valence-corrected chi connectivity index (χ2v) is 3.41. The number of hydrogen-bond acceptors (Lipinski definition) is 5. The van der Waals surface area contributed by atoms with Crippen molar-refractivity contribution in [2.24, 2.45) is 0 Å². The lowest BCUT2D eigenvalue weighted by Gasteiger charge is -2.09. The lowest BCUT2D eigenvalue weighted by Crippen LogP contribution is -2.08. The first-order chi connectivity index (χ1) is 8.19. The van der Waals surface area contributed by atoms with E-state index in [1.807, 2.05) is 13.8 Å². The van der Waals surface area contributed by atoms with E-state index in [0.29, 0.717) is 11.6 Å². The zero-order valence-electron chi connectivity index (χ0n) is 10.2. The summed E-state index contributed by atoms with van der Waals surface area (Å²) in [5, 5.41) is 2.90. The predicted molar refractivity (Wildman–Crippen MR) is 65.0 cm³/mol. The summed E-state index contributed by atoms with van der Waals surface area (Å²) in [4.78, 5) is 13.3. The molecule has 0 bridgehead atoms. The number of nitrogens with one attached hydrogen (secondary N) is 2. The summed E-state index contributed by atoms with van der Waals surface area (Å²) in [6, 6.07) is 0. The standard InChI is InChI=1S/C11H17FN4O/c1-8(17-13-3)6-10-9(2)11(14-5-4-12)16-7-15-10/h6-7,13H,4-5H2,1-3H3,(H,14,15,16)/b8-6+. The van der Waals surface area contributed by atoms with Gasteiger partial charge >= 0.3 is 0 Å². The Kier molecular flexibility index (Phi) is 5.35. The summed E-state index contributed by atoms with van der Waals surface area (Å²) in [6.45, 7) is 3.50. The first-order valence-electron chi connectivity index (χ1n) is 5.32. The predicted octanol–water partition coefficient (Wildman–Crippen LogP) is 1.68. The maximum atomic E-state index is 12.1. The number of halogens is 1. The van der Waals surface area contributed by atoms with Crippen molar-refractivity contribution in [1.82, 2.24) is 15.4 Å². The molecule has 0 saturated heterocycles. The molecule has 1 rings (SSSR count). The van der Waals surface area contributed by atoms with Crippen LogP contribution in [0.5, 0.6) is 0 Å². The Balaban J connectivity index is 2.89. The SMILES string of the molecule is CNO/C(C)=C/c1ncnc(NCCF)c1C. The van der Waals surface area contributed by atoms with E-state index in [1.165, 1.54) is 6.33 Å². The molecule has 5 nitrogen and oxygen atoms in total. The summed E-state index contributed by atoms with van der Waals surface area (Å²) in [5.41, 5.74) is 4.18. The van der Waals surface area contributed by atoms with E-state index in [1.54, 1.807) is 13.1 Å². The van der Waals surface area contributed by atoms with Crippen molar-refractivity contribution >= 4 is 11.9 Å². The van der Waals surface area contributed by atoms with Crippen LogP contribution in [0.2, 0.25) is 0 Å². The molecule has 17 heavy (non-hydrogen) atoms. The first kappa shape index (κ1) is 13.4. The fourth-order valence-corrected chi connectivity index (χ4v) is 1.34. The number of allylic oxidation sites excluding steroid dienone is 1. The van der Waals surface area contributed by atoms with Crippen LogP contribution < -0.4 is 10.8 Å². The van der Waals surface area contributed by atoms with E-state index in [-0.39, 0.29) is 6.54 Å². The number of anilines is 1. The number of rotatable bonds is 6. The number of aromatic nitrogens is 2. The summed E-state index contributed by atoms with van der Waals surface area (Å²) >= 11 is 0. The Labute approximate surface area is 100 Å². The van der Waals surface area contributed by atoms with Crippen LogP contribution in [0.25, 0.3) is 6.08 Å². The fourth-order valence-electron chi connectivity index (χ4n) is 1.34. The van der Waals surface area contributed by atoms with Crippen molar-refractivity contribution in [1.29, 1.82) is 0 Å². The van der Waals surface area contributed by atoms with E-state index in [0.717, 1.165) is 11.3 Å². The molecule has 1 aromatic rings. The van der Waals surface area contributed by atoms with Gasteiger partial charge in [-0.1, -0.05) is 0 Å². The van der Waals surface area contributed by atoms with E-state index in [9.17, 15) is 4.39 Å². The van der Waals surface area contributed by atoms with Gasteiger partial charge in [0.2, 0.25) is 0 Å². The molecule has 0 spiro atoms. The number of nitrogens with zero attached hydrogens (tertiary/aromatic N) is 2. The van der Waals surface area contributed by atoms with E-state index >= 15 is 0 Å². The lowest BCUT2D eigenvalue weighted by molar-refractivity contribution is 0.131. The van der Waals surface area contributed by atoms with Gasteiger partial charge in [0.1, 0.15) is 24.6 Å². The monoisotopic (exact) mass is 240 g/mol. The quantitative estimate of drug-likeness (QED) is 0.585. The second-order valence-electron chi connectivity index (χ2n) is 3.41. The first-order valence-corrected chi connectivity index (χ1v) is 5.32. The molecule has 0 saturated carbocycles. The van der Waals surface area contributed by atoms with Gasteiger partial charge in [-0.25, -0.2) is 14.4 Å². The van der Waals surface area contributed by atoms with E-state index in [2.05, 4.69) is 20.8 Å². The smallest absolute Gasteiger partial charge is 0.132 e. The molecule has 0 aliphatic carbocycles. The number of hydroxylamine groups is 1. The second kappa shape index (κ2) is 6.80. The third-order valence-electron chi connectivity index (χ3n) is 2.11. The normalized spacial score (nSPS) is 11.4. The summed E-state index contributed by atoms with van der Waals surface area (Å²) < 4.78 is 12.1. The van der Waals surface area contributed by atoms with Crippen LogP contribution in [0.4, 0.5) is 10.2 Å². The van der Waals surface area contributed by atoms with Crippen LogP contribution >= 0.6 is 0 Å². The Bertz CT molecular complexity index is 395. The lowest BCUT2D eigenvalue weighted by atomic mass is 10.2. The van der Waals surface area contributed by atoms with Crippen molar-refractivity contribution in [3.8, 4) is 0 Å². The molecule has 0 amide bonds. The highest BCUT2D eigenvalue weighted by atomic mass is 19.1. The molecule has 1 heterocycles. The summed E-state index contributed by atoms with van der Waals surface area (Å²) in [5.74, 6) is 1.33. The molecule has 2 N–H and O–H groups in total. The van der Waals surface area contributed by atoms with Gasteiger partial charge < -0.3 is 10.2 Å². The van der Waals surface area contributed by atoms with Crippen LogP contribution in [-0.2, 0) is 4.84 Å². The minimum atomic E-state index is -0.434. The average molecular weight is 240 g/mol. The highest BCUT2D eigenvalue weighted by Crippen LogP contribution is 2.16. The molecule has 0 aromatic carbocycles. The molecule has 6 heteroatoms. The summed E-state index contributed by atoms with van der Waals surface area (Å²) in [6.07, 6.45) is 3.22. The molecule has 0 aliphatic heterocycles. The Morgan fingerprint density at radius 3 is 2.94 bits per heavy atom.